The largest absolute Gasteiger partial charge is 0.480 e. The number of nitrogens with one attached hydrogen (secondary N) is 1. The van der Waals surface area contributed by atoms with Gasteiger partial charge < -0.3 is 10.4 Å². The number of aromatic nitrogens is 1. The van der Waals surface area contributed by atoms with Crippen LogP contribution in [-0.2, 0) is 4.79 Å². The maximum absolute atomic E-state index is 10.5. The molecule has 0 atom stereocenters. The molecule has 0 fully saturated rings. The minimum Gasteiger partial charge on any atom is -0.480 e. The zero-order chi connectivity index (χ0) is 12.4. The quantitative estimate of drug-likeness (QED) is 0.914. The zero-order valence-corrected chi connectivity index (χ0v) is 10.8. The molecule has 1 aromatic carbocycles. The molecular weight excluding hydrogens is 284 g/mol. The Hall–Kier alpha value is -1.62. The summed E-state index contributed by atoms with van der Waals surface area (Å²) in [6.07, 6.45) is 1.67. The minimum atomic E-state index is -0.907. The third-order valence-electron chi connectivity index (χ3n) is 2.40. The lowest BCUT2D eigenvalue weighted by atomic mass is 10.1. The summed E-state index contributed by atoms with van der Waals surface area (Å²) in [7, 11) is 0. The third kappa shape index (κ3) is 2.55. The number of halogens is 1. The number of pyridine rings is 1. The fourth-order valence-corrected chi connectivity index (χ4v) is 2.05. The Morgan fingerprint density at radius 2 is 2.24 bits per heavy atom. The molecule has 1 aromatic heterocycles. The number of aryl methyl sites for hydroxylation is 1. The standard InChI is InChI=1S/C12H11BrN2O2/c1-7-2-3-8-9(4-7)10(13)5-14-12(8)15-6-11(16)17/h2-5H,6H2,1H3,(H,14,15)(H,16,17). The van der Waals surface area contributed by atoms with Crippen molar-refractivity contribution < 1.29 is 9.90 Å². The van der Waals surface area contributed by atoms with E-state index in [1.807, 2.05) is 25.1 Å². The van der Waals surface area contributed by atoms with Crippen LogP contribution in [0, 0.1) is 6.92 Å². The molecule has 0 radical (unpaired) electrons. The van der Waals surface area contributed by atoms with Crippen molar-refractivity contribution in [2.45, 2.75) is 6.92 Å². The van der Waals surface area contributed by atoms with Gasteiger partial charge in [-0.25, -0.2) is 4.98 Å². The molecule has 4 nitrogen and oxygen atoms in total. The Balaban J connectivity index is 2.50. The summed E-state index contributed by atoms with van der Waals surface area (Å²) in [4.78, 5) is 14.7. The average Bonchev–Trinajstić information content (AvgIpc) is 2.28. The zero-order valence-electron chi connectivity index (χ0n) is 9.20. The summed E-state index contributed by atoms with van der Waals surface area (Å²) in [5, 5.41) is 13.4. The lowest BCUT2D eigenvalue weighted by molar-refractivity contribution is -0.134. The van der Waals surface area contributed by atoms with Crippen LogP contribution in [0.25, 0.3) is 10.8 Å². The highest BCUT2D eigenvalue weighted by Crippen LogP contribution is 2.28. The van der Waals surface area contributed by atoms with Gasteiger partial charge in [-0.1, -0.05) is 23.8 Å². The van der Waals surface area contributed by atoms with Crippen LogP contribution in [0.1, 0.15) is 5.56 Å². The summed E-state index contributed by atoms with van der Waals surface area (Å²) in [6, 6.07) is 5.95. The lowest BCUT2D eigenvalue weighted by Gasteiger charge is -2.08. The predicted octanol–water partition coefficient (Wildman–Crippen LogP) is 2.80. The number of benzene rings is 1. The Morgan fingerprint density at radius 3 is 2.94 bits per heavy atom. The van der Waals surface area contributed by atoms with Gasteiger partial charge in [-0.2, -0.15) is 0 Å². The molecule has 2 aromatic rings. The van der Waals surface area contributed by atoms with E-state index < -0.39 is 5.97 Å². The molecule has 0 aliphatic carbocycles. The highest BCUT2D eigenvalue weighted by molar-refractivity contribution is 9.10. The molecule has 0 aliphatic heterocycles. The topological polar surface area (TPSA) is 62.2 Å². The van der Waals surface area contributed by atoms with Crippen LogP contribution in [0.4, 0.5) is 5.82 Å². The lowest BCUT2D eigenvalue weighted by Crippen LogP contribution is -2.13. The van der Waals surface area contributed by atoms with Gasteiger partial charge in [0, 0.05) is 21.4 Å². The van der Waals surface area contributed by atoms with Crippen molar-refractivity contribution in [3.63, 3.8) is 0 Å². The Labute approximate surface area is 107 Å². The summed E-state index contributed by atoms with van der Waals surface area (Å²) in [5.41, 5.74) is 1.15. The molecule has 0 saturated heterocycles. The van der Waals surface area contributed by atoms with E-state index in [4.69, 9.17) is 5.11 Å². The summed E-state index contributed by atoms with van der Waals surface area (Å²) in [6.45, 7) is 1.87. The normalized spacial score (nSPS) is 10.5. The number of aliphatic carboxylic acids is 1. The second-order valence-corrected chi connectivity index (χ2v) is 4.61. The molecule has 1 heterocycles. The Morgan fingerprint density at radius 1 is 1.47 bits per heavy atom. The van der Waals surface area contributed by atoms with Crippen molar-refractivity contribution in [3.8, 4) is 0 Å². The number of carboxylic acid groups (broad SMARTS) is 1. The van der Waals surface area contributed by atoms with Crippen molar-refractivity contribution in [2.75, 3.05) is 11.9 Å². The first kappa shape index (κ1) is 11.9. The number of nitrogens with zero attached hydrogens (tertiary/aromatic N) is 1. The first-order valence-electron chi connectivity index (χ1n) is 5.08. The predicted molar refractivity (Wildman–Crippen MR) is 70.3 cm³/mol. The maximum Gasteiger partial charge on any atom is 0.322 e. The molecule has 2 N–H and O–H groups in total. The van der Waals surface area contributed by atoms with E-state index in [2.05, 4.69) is 26.2 Å². The van der Waals surface area contributed by atoms with Crippen molar-refractivity contribution in [1.29, 1.82) is 0 Å². The molecule has 17 heavy (non-hydrogen) atoms. The average molecular weight is 295 g/mol. The van der Waals surface area contributed by atoms with Gasteiger partial charge in [0.15, 0.2) is 0 Å². The molecule has 2 rings (SSSR count). The monoisotopic (exact) mass is 294 g/mol. The van der Waals surface area contributed by atoms with Crippen LogP contribution in [-0.4, -0.2) is 22.6 Å². The fourth-order valence-electron chi connectivity index (χ4n) is 1.62. The molecule has 88 valence electrons. The van der Waals surface area contributed by atoms with E-state index in [0.29, 0.717) is 5.82 Å². The molecular formula is C12H11BrN2O2. The number of rotatable bonds is 3. The molecule has 0 bridgehead atoms. The van der Waals surface area contributed by atoms with Crippen LogP contribution >= 0.6 is 15.9 Å². The molecule has 0 amide bonds. The third-order valence-corrected chi connectivity index (χ3v) is 3.03. The number of fused-ring (bicyclic) bond motifs is 1. The van der Waals surface area contributed by atoms with Crippen molar-refractivity contribution in [3.05, 3.63) is 34.4 Å². The fraction of sp³-hybridized carbons (Fsp3) is 0.167. The molecule has 5 heteroatoms. The van der Waals surface area contributed by atoms with Crippen molar-refractivity contribution in [1.82, 2.24) is 4.98 Å². The SMILES string of the molecule is Cc1ccc2c(NCC(=O)O)ncc(Br)c2c1. The van der Waals surface area contributed by atoms with Gasteiger partial charge in [-0.3, -0.25) is 4.79 Å². The first-order valence-corrected chi connectivity index (χ1v) is 5.88. The van der Waals surface area contributed by atoms with Gasteiger partial charge in [0.1, 0.15) is 12.4 Å². The molecule has 0 spiro atoms. The van der Waals surface area contributed by atoms with E-state index >= 15 is 0 Å². The minimum absolute atomic E-state index is 0.141. The molecule has 0 unspecified atom stereocenters. The smallest absolute Gasteiger partial charge is 0.322 e. The Bertz CT molecular complexity index is 584. The van der Waals surface area contributed by atoms with Crippen LogP contribution in [0.5, 0.6) is 0 Å². The number of carboxylic acids is 1. The van der Waals surface area contributed by atoms with Gasteiger partial charge >= 0.3 is 5.97 Å². The van der Waals surface area contributed by atoms with Crippen molar-refractivity contribution in [2.24, 2.45) is 0 Å². The van der Waals surface area contributed by atoms with E-state index in [9.17, 15) is 4.79 Å². The van der Waals surface area contributed by atoms with Crippen LogP contribution in [0.2, 0.25) is 0 Å². The van der Waals surface area contributed by atoms with Gasteiger partial charge in [0.05, 0.1) is 0 Å². The molecule has 0 aliphatic rings. The number of anilines is 1. The van der Waals surface area contributed by atoms with E-state index in [1.165, 1.54) is 0 Å². The van der Waals surface area contributed by atoms with Gasteiger partial charge in [-0.05, 0) is 22.9 Å². The highest BCUT2D eigenvalue weighted by atomic mass is 79.9. The summed E-state index contributed by atoms with van der Waals surface area (Å²) in [5.74, 6) is -0.319. The van der Waals surface area contributed by atoms with Gasteiger partial charge in [0.2, 0.25) is 0 Å². The number of hydrogen-bond donors (Lipinski definition) is 2. The molecule has 0 saturated carbocycles. The second kappa shape index (κ2) is 4.71. The Kier molecular flexibility index (Phi) is 3.28. The van der Waals surface area contributed by atoms with E-state index in [-0.39, 0.29) is 6.54 Å². The summed E-state index contributed by atoms with van der Waals surface area (Å²) >= 11 is 3.44. The van der Waals surface area contributed by atoms with E-state index in [1.54, 1.807) is 6.20 Å². The first-order chi connectivity index (χ1) is 8.08. The van der Waals surface area contributed by atoms with Gasteiger partial charge in [-0.15, -0.1) is 0 Å². The second-order valence-electron chi connectivity index (χ2n) is 3.75. The van der Waals surface area contributed by atoms with Crippen LogP contribution in [0.3, 0.4) is 0 Å². The van der Waals surface area contributed by atoms with Crippen LogP contribution in [0.15, 0.2) is 28.9 Å². The van der Waals surface area contributed by atoms with E-state index in [0.717, 1.165) is 20.8 Å². The van der Waals surface area contributed by atoms with Gasteiger partial charge in [0.25, 0.3) is 0 Å². The number of hydrogen-bond acceptors (Lipinski definition) is 3. The van der Waals surface area contributed by atoms with Crippen LogP contribution < -0.4 is 5.32 Å². The highest BCUT2D eigenvalue weighted by Gasteiger charge is 2.07. The maximum atomic E-state index is 10.5. The van der Waals surface area contributed by atoms with Crippen molar-refractivity contribution >= 4 is 38.5 Å². The summed E-state index contributed by atoms with van der Waals surface area (Å²) < 4.78 is 0.900. The number of carbonyl (C=O) groups is 1.